The first-order valence-electron chi connectivity index (χ1n) is 15.9. The van der Waals surface area contributed by atoms with Gasteiger partial charge in [-0.2, -0.15) is 0 Å². The molecule has 47 heavy (non-hydrogen) atoms. The molecule has 0 unspecified atom stereocenters. The van der Waals surface area contributed by atoms with Crippen molar-refractivity contribution in [2.24, 2.45) is 0 Å². The second-order valence-electron chi connectivity index (χ2n) is 11.7. The molecule has 246 valence electrons. The number of esters is 1. The van der Waals surface area contributed by atoms with Crippen molar-refractivity contribution < 1.29 is 33.3 Å². The summed E-state index contributed by atoms with van der Waals surface area (Å²) in [7, 11) is 0. The highest BCUT2D eigenvalue weighted by Crippen LogP contribution is 2.38. The number of hydrogen-bond acceptors (Lipinski definition) is 8. The van der Waals surface area contributed by atoms with E-state index in [4.69, 9.17) is 23.7 Å². The molecule has 1 aliphatic rings. The molecule has 1 heterocycles. The predicted molar refractivity (Wildman–Crippen MR) is 182 cm³/mol. The lowest BCUT2D eigenvalue weighted by atomic mass is 9.98. The normalized spacial score (nSPS) is 20.9. The Balaban J connectivity index is 1.47. The molecule has 5 atom stereocenters. The first-order chi connectivity index (χ1) is 22.9. The van der Waals surface area contributed by atoms with Crippen molar-refractivity contribution in [3.05, 3.63) is 138 Å². The first-order valence-corrected chi connectivity index (χ1v) is 16.8. The lowest BCUT2D eigenvalue weighted by Crippen LogP contribution is -2.60. The van der Waals surface area contributed by atoms with Crippen LogP contribution in [0, 0.1) is 6.92 Å². The van der Waals surface area contributed by atoms with E-state index in [1.807, 2.05) is 122 Å². The summed E-state index contributed by atoms with van der Waals surface area (Å²) >= 11 is 1.47. The summed E-state index contributed by atoms with van der Waals surface area (Å²) < 4.78 is 32.5. The molecule has 1 aliphatic heterocycles. The topological polar surface area (TPSA) is 80.3 Å². The Morgan fingerprint density at radius 3 is 1.74 bits per heavy atom. The standard InChI is InChI=1S/C39H42O7S/c1-28-18-21-33(22-19-28)47-39-38(46-35(41)23-20-29(2)40)37(44-26-32-16-10-5-11-17-32)36(43-25-31-14-8-4-9-15-31)34(45-39)27-42-24-30-12-6-3-7-13-30/h3-19,21-22,34,36-39H,20,23-27H2,1-2H3/t34-,36+,37+,38-,39+/m1/s1. The number of aryl methyl sites for hydroxylation is 1. The highest BCUT2D eigenvalue weighted by Gasteiger charge is 2.50. The van der Waals surface area contributed by atoms with E-state index in [1.54, 1.807) is 0 Å². The third-order valence-electron chi connectivity index (χ3n) is 7.78. The molecule has 0 radical (unpaired) electrons. The van der Waals surface area contributed by atoms with Crippen LogP contribution in [0.5, 0.6) is 0 Å². The molecule has 5 rings (SSSR count). The van der Waals surface area contributed by atoms with Crippen LogP contribution < -0.4 is 0 Å². The average Bonchev–Trinajstić information content (AvgIpc) is 3.09. The lowest BCUT2D eigenvalue weighted by molar-refractivity contribution is -0.249. The zero-order valence-corrected chi connectivity index (χ0v) is 27.7. The molecule has 7 nitrogen and oxygen atoms in total. The second kappa shape index (κ2) is 17.9. The maximum Gasteiger partial charge on any atom is 0.306 e. The molecule has 1 fully saturated rings. The van der Waals surface area contributed by atoms with E-state index in [-0.39, 0.29) is 31.8 Å². The second-order valence-corrected chi connectivity index (χ2v) is 12.8. The molecule has 0 spiro atoms. The van der Waals surface area contributed by atoms with Crippen LogP contribution in [-0.4, -0.2) is 48.2 Å². The number of ketones is 1. The minimum Gasteiger partial charge on any atom is -0.456 e. The molecule has 0 N–H and O–H groups in total. The summed E-state index contributed by atoms with van der Waals surface area (Å²) in [5, 5.41) is 0. The summed E-state index contributed by atoms with van der Waals surface area (Å²) in [4.78, 5) is 25.9. The molecule has 8 heteroatoms. The largest absolute Gasteiger partial charge is 0.456 e. The van der Waals surface area contributed by atoms with Crippen molar-refractivity contribution in [3.63, 3.8) is 0 Å². The smallest absolute Gasteiger partial charge is 0.306 e. The third kappa shape index (κ3) is 10.9. The molecule has 1 saturated heterocycles. The van der Waals surface area contributed by atoms with Crippen molar-refractivity contribution >= 4 is 23.5 Å². The van der Waals surface area contributed by atoms with E-state index in [2.05, 4.69) is 0 Å². The molecule has 0 saturated carbocycles. The molecule has 0 bridgehead atoms. The van der Waals surface area contributed by atoms with Gasteiger partial charge in [0.15, 0.2) is 6.10 Å². The Bertz CT molecular complexity index is 1520. The van der Waals surface area contributed by atoms with Crippen molar-refractivity contribution in [1.82, 2.24) is 0 Å². The number of hydrogen-bond donors (Lipinski definition) is 0. The first kappa shape index (κ1) is 34.5. The summed E-state index contributed by atoms with van der Waals surface area (Å²) in [5.41, 5.74) is 3.51. The van der Waals surface area contributed by atoms with Crippen LogP contribution >= 0.6 is 11.8 Å². The van der Waals surface area contributed by atoms with Crippen LogP contribution in [0.2, 0.25) is 0 Å². The van der Waals surface area contributed by atoms with Crippen molar-refractivity contribution in [2.75, 3.05) is 6.61 Å². The van der Waals surface area contributed by atoms with Gasteiger partial charge in [0, 0.05) is 11.3 Å². The van der Waals surface area contributed by atoms with Crippen LogP contribution in [0.4, 0.5) is 0 Å². The highest BCUT2D eigenvalue weighted by atomic mass is 32.2. The van der Waals surface area contributed by atoms with E-state index in [1.165, 1.54) is 18.7 Å². The number of ether oxygens (including phenoxy) is 5. The summed E-state index contributed by atoms with van der Waals surface area (Å²) in [6, 6.07) is 37.8. The Morgan fingerprint density at radius 2 is 1.19 bits per heavy atom. The number of Topliss-reactive ketones (excluding diaryl/α,β-unsaturated/α-hetero) is 1. The zero-order valence-electron chi connectivity index (χ0n) is 26.9. The Morgan fingerprint density at radius 1 is 0.660 bits per heavy atom. The van der Waals surface area contributed by atoms with Crippen molar-refractivity contribution in [2.45, 2.75) is 81.3 Å². The minimum atomic E-state index is -0.837. The van der Waals surface area contributed by atoms with E-state index in [0.29, 0.717) is 13.2 Å². The summed E-state index contributed by atoms with van der Waals surface area (Å²) in [5.74, 6) is -0.568. The van der Waals surface area contributed by atoms with Gasteiger partial charge in [0.05, 0.1) is 32.8 Å². The highest BCUT2D eigenvalue weighted by molar-refractivity contribution is 7.99. The summed E-state index contributed by atoms with van der Waals surface area (Å²) in [6.07, 6.45) is -2.66. The van der Waals surface area contributed by atoms with Crippen LogP contribution in [0.3, 0.4) is 0 Å². The predicted octanol–water partition coefficient (Wildman–Crippen LogP) is 7.48. The average molecular weight is 655 g/mol. The van der Waals surface area contributed by atoms with Crippen LogP contribution in [0.1, 0.15) is 42.0 Å². The third-order valence-corrected chi connectivity index (χ3v) is 8.93. The van der Waals surface area contributed by atoms with Gasteiger partial charge in [0.1, 0.15) is 29.5 Å². The van der Waals surface area contributed by atoms with E-state index in [0.717, 1.165) is 27.1 Å². The van der Waals surface area contributed by atoms with E-state index < -0.39 is 35.8 Å². The monoisotopic (exact) mass is 654 g/mol. The van der Waals surface area contributed by atoms with Gasteiger partial charge in [-0.1, -0.05) is 120 Å². The van der Waals surface area contributed by atoms with Gasteiger partial charge in [0.2, 0.25) is 0 Å². The number of rotatable bonds is 16. The van der Waals surface area contributed by atoms with Gasteiger partial charge in [-0.3, -0.25) is 4.79 Å². The molecular formula is C39H42O7S. The van der Waals surface area contributed by atoms with Gasteiger partial charge in [-0.05, 0) is 42.7 Å². The molecule has 0 aromatic heterocycles. The van der Waals surface area contributed by atoms with Gasteiger partial charge >= 0.3 is 5.97 Å². The molecule has 4 aromatic carbocycles. The molecule has 0 aliphatic carbocycles. The fourth-order valence-electron chi connectivity index (χ4n) is 5.26. The Hall–Kier alpha value is -3.79. The molecule has 4 aromatic rings. The number of carbonyl (C=O) groups excluding carboxylic acids is 2. The van der Waals surface area contributed by atoms with Crippen LogP contribution in [-0.2, 0) is 53.1 Å². The van der Waals surface area contributed by atoms with Crippen LogP contribution in [0.25, 0.3) is 0 Å². The Labute approximate surface area is 281 Å². The van der Waals surface area contributed by atoms with Gasteiger partial charge in [0.25, 0.3) is 0 Å². The van der Waals surface area contributed by atoms with Crippen molar-refractivity contribution in [3.8, 4) is 0 Å². The van der Waals surface area contributed by atoms with Gasteiger partial charge < -0.3 is 28.5 Å². The lowest BCUT2D eigenvalue weighted by Gasteiger charge is -2.45. The number of thioether (sulfide) groups is 1. The number of benzene rings is 4. The van der Waals surface area contributed by atoms with Crippen molar-refractivity contribution in [1.29, 1.82) is 0 Å². The maximum atomic E-state index is 13.2. The summed E-state index contributed by atoms with van der Waals surface area (Å²) in [6.45, 7) is 4.71. The van der Waals surface area contributed by atoms with Crippen LogP contribution in [0.15, 0.2) is 120 Å². The molecule has 0 amide bonds. The zero-order chi connectivity index (χ0) is 32.8. The number of carbonyl (C=O) groups is 2. The minimum absolute atomic E-state index is 0.0295. The fourth-order valence-corrected chi connectivity index (χ4v) is 6.37. The SMILES string of the molecule is CC(=O)CCC(=O)O[C@@H]1[C@@H](OCc2ccccc2)[C@@H](OCc2ccccc2)[C@@H](COCc2ccccc2)O[C@H]1Sc1ccc(C)cc1. The van der Waals surface area contributed by atoms with Gasteiger partial charge in [-0.25, -0.2) is 0 Å². The van der Waals surface area contributed by atoms with Gasteiger partial charge in [-0.15, -0.1) is 0 Å². The molecular weight excluding hydrogens is 612 g/mol. The Kier molecular flexibility index (Phi) is 13.2. The van der Waals surface area contributed by atoms with E-state index >= 15 is 0 Å². The fraction of sp³-hybridized carbons (Fsp3) is 0.333. The maximum absolute atomic E-state index is 13.2. The van der Waals surface area contributed by atoms with E-state index in [9.17, 15) is 9.59 Å². The quantitative estimate of drug-likeness (QED) is 0.115.